The van der Waals surface area contributed by atoms with E-state index >= 15 is 0 Å². The molecule has 14 heavy (non-hydrogen) atoms. The summed E-state index contributed by atoms with van der Waals surface area (Å²) in [6.45, 7) is 3.64. The lowest BCUT2D eigenvalue weighted by molar-refractivity contribution is 0.153. The van der Waals surface area contributed by atoms with E-state index in [9.17, 15) is 4.79 Å². The number of cyclic esters (lactones) is 1. The molecule has 0 bridgehead atoms. The van der Waals surface area contributed by atoms with Crippen LogP contribution in [0.25, 0.3) is 0 Å². The van der Waals surface area contributed by atoms with Crippen molar-refractivity contribution < 1.29 is 9.53 Å². The minimum absolute atomic E-state index is 0.110. The second kappa shape index (κ2) is 3.54. The molecule has 0 saturated carbocycles. The smallest absolute Gasteiger partial charge is 0.408 e. The Morgan fingerprint density at radius 3 is 2.71 bits per heavy atom. The Balaban J connectivity index is 2.26. The third-order valence-electron chi connectivity index (χ3n) is 2.24. The number of hydrogen-bond donors (Lipinski definition) is 1. The van der Waals surface area contributed by atoms with Crippen molar-refractivity contribution in [3.8, 4) is 0 Å². The maximum atomic E-state index is 11.0. The molecule has 1 aromatic rings. The predicted octanol–water partition coefficient (Wildman–Crippen LogP) is 2.02. The molecular formula is C11H11NO2. The van der Waals surface area contributed by atoms with Gasteiger partial charge in [0.1, 0.15) is 6.10 Å². The van der Waals surface area contributed by atoms with Crippen LogP contribution in [-0.4, -0.2) is 12.2 Å². The van der Waals surface area contributed by atoms with Gasteiger partial charge in [-0.2, -0.15) is 0 Å². The monoisotopic (exact) mass is 189 g/mol. The first-order chi connectivity index (χ1) is 6.81. The molecule has 72 valence electrons. The fourth-order valence-electron chi connectivity index (χ4n) is 1.55. The summed E-state index contributed by atoms with van der Waals surface area (Å²) in [6, 6.07) is 9.59. The van der Waals surface area contributed by atoms with Gasteiger partial charge < -0.3 is 10.1 Å². The SMILES string of the molecule is C=C[C@H]1OC(=O)N[C@@H]1c1ccccc1. The summed E-state index contributed by atoms with van der Waals surface area (Å²) in [6.07, 6.45) is 0.976. The summed E-state index contributed by atoms with van der Waals surface area (Å²) in [5, 5.41) is 2.74. The van der Waals surface area contributed by atoms with Gasteiger partial charge in [-0.3, -0.25) is 0 Å². The Morgan fingerprint density at radius 2 is 2.07 bits per heavy atom. The number of alkyl carbamates (subject to hydrolysis) is 1. The quantitative estimate of drug-likeness (QED) is 0.723. The number of carbonyl (C=O) groups is 1. The summed E-state index contributed by atoms with van der Waals surface area (Å²) >= 11 is 0. The fraction of sp³-hybridized carbons (Fsp3) is 0.182. The van der Waals surface area contributed by atoms with E-state index in [2.05, 4.69) is 11.9 Å². The molecule has 1 fully saturated rings. The van der Waals surface area contributed by atoms with Crippen LogP contribution in [-0.2, 0) is 4.74 Å². The van der Waals surface area contributed by atoms with Gasteiger partial charge in [-0.1, -0.05) is 36.9 Å². The molecule has 0 unspecified atom stereocenters. The Hall–Kier alpha value is -1.77. The van der Waals surface area contributed by atoms with E-state index in [0.717, 1.165) is 5.56 Å². The molecule has 0 aliphatic carbocycles. The van der Waals surface area contributed by atoms with E-state index in [-0.39, 0.29) is 18.2 Å². The molecule has 2 rings (SSSR count). The highest BCUT2D eigenvalue weighted by Crippen LogP contribution is 2.24. The standard InChI is InChI=1S/C11H11NO2/c1-2-9-10(12-11(13)14-9)8-6-4-3-5-7-8/h2-7,9-10H,1H2,(H,12,13)/t9-,10-/m1/s1. The summed E-state index contributed by atoms with van der Waals surface area (Å²) in [5.74, 6) is 0. The van der Waals surface area contributed by atoms with E-state index in [0.29, 0.717) is 0 Å². The summed E-state index contributed by atoms with van der Waals surface area (Å²) in [5.41, 5.74) is 1.03. The fourth-order valence-corrected chi connectivity index (χ4v) is 1.55. The molecule has 1 aliphatic rings. The number of ether oxygens (including phenoxy) is 1. The Bertz CT molecular complexity index is 348. The molecule has 0 aromatic heterocycles. The maximum absolute atomic E-state index is 11.0. The lowest BCUT2D eigenvalue weighted by Crippen LogP contribution is -2.21. The zero-order valence-electron chi connectivity index (χ0n) is 7.64. The average molecular weight is 189 g/mol. The molecular weight excluding hydrogens is 178 g/mol. The molecule has 1 saturated heterocycles. The Kier molecular flexibility index (Phi) is 2.23. The van der Waals surface area contributed by atoms with Crippen LogP contribution in [0.5, 0.6) is 0 Å². The first-order valence-corrected chi connectivity index (χ1v) is 4.46. The van der Waals surface area contributed by atoms with Crippen LogP contribution in [0.15, 0.2) is 43.0 Å². The second-order valence-corrected chi connectivity index (χ2v) is 3.14. The number of benzene rings is 1. The largest absolute Gasteiger partial charge is 0.439 e. The normalized spacial score (nSPS) is 25.3. The van der Waals surface area contributed by atoms with Crippen LogP contribution >= 0.6 is 0 Å². The van der Waals surface area contributed by atoms with Gasteiger partial charge in [0.2, 0.25) is 0 Å². The van der Waals surface area contributed by atoms with Crippen molar-refractivity contribution in [2.24, 2.45) is 0 Å². The lowest BCUT2D eigenvalue weighted by atomic mass is 10.0. The summed E-state index contributed by atoms with van der Waals surface area (Å²) in [4.78, 5) is 11.0. The van der Waals surface area contributed by atoms with Crippen LogP contribution in [0, 0.1) is 0 Å². The summed E-state index contributed by atoms with van der Waals surface area (Å²) in [7, 11) is 0. The minimum atomic E-state index is -0.385. The third-order valence-corrected chi connectivity index (χ3v) is 2.24. The van der Waals surface area contributed by atoms with Gasteiger partial charge in [0.15, 0.2) is 0 Å². The van der Waals surface area contributed by atoms with E-state index in [1.165, 1.54) is 0 Å². The maximum Gasteiger partial charge on any atom is 0.408 e. The summed E-state index contributed by atoms with van der Waals surface area (Å²) < 4.78 is 5.01. The van der Waals surface area contributed by atoms with Crippen LogP contribution < -0.4 is 5.32 Å². The molecule has 1 heterocycles. The molecule has 1 aliphatic heterocycles. The highest BCUT2D eigenvalue weighted by molar-refractivity contribution is 5.71. The van der Waals surface area contributed by atoms with Gasteiger partial charge in [-0.25, -0.2) is 4.79 Å². The highest BCUT2D eigenvalue weighted by Gasteiger charge is 2.32. The molecule has 1 N–H and O–H groups in total. The van der Waals surface area contributed by atoms with Crippen LogP contribution in [0.3, 0.4) is 0 Å². The lowest BCUT2D eigenvalue weighted by Gasteiger charge is -2.12. The number of amides is 1. The van der Waals surface area contributed by atoms with E-state index in [1.54, 1.807) is 6.08 Å². The zero-order valence-corrected chi connectivity index (χ0v) is 7.64. The van der Waals surface area contributed by atoms with Crippen LogP contribution in [0.4, 0.5) is 4.79 Å². The molecule has 3 heteroatoms. The van der Waals surface area contributed by atoms with Gasteiger partial charge in [-0.05, 0) is 11.6 Å². The first-order valence-electron chi connectivity index (χ1n) is 4.46. The first kappa shape index (κ1) is 8.81. The van der Waals surface area contributed by atoms with Gasteiger partial charge in [0.25, 0.3) is 0 Å². The van der Waals surface area contributed by atoms with Gasteiger partial charge in [0, 0.05) is 0 Å². The molecule has 1 aromatic carbocycles. The molecule has 0 spiro atoms. The molecule has 3 nitrogen and oxygen atoms in total. The second-order valence-electron chi connectivity index (χ2n) is 3.14. The average Bonchev–Trinajstić information content (AvgIpc) is 2.61. The van der Waals surface area contributed by atoms with Crippen molar-refractivity contribution >= 4 is 6.09 Å². The topological polar surface area (TPSA) is 38.3 Å². The van der Waals surface area contributed by atoms with Crippen molar-refractivity contribution in [3.05, 3.63) is 48.6 Å². The number of nitrogens with one attached hydrogen (secondary N) is 1. The Morgan fingerprint density at radius 1 is 1.36 bits per heavy atom. The van der Waals surface area contributed by atoms with E-state index in [4.69, 9.17) is 4.74 Å². The number of hydrogen-bond acceptors (Lipinski definition) is 2. The van der Waals surface area contributed by atoms with Gasteiger partial charge in [-0.15, -0.1) is 0 Å². The molecule has 0 radical (unpaired) electrons. The Labute approximate surface area is 82.4 Å². The van der Waals surface area contributed by atoms with Crippen molar-refractivity contribution in [2.45, 2.75) is 12.1 Å². The zero-order chi connectivity index (χ0) is 9.97. The molecule has 2 atom stereocenters. The van der Waals surface area contributed by atoms with Crippen molar-refractivity contribution in [1.29, 1.82) is 0 Å². The van der Waals surface area contributed by atoms with Crippen molar-refractivity contribution in [3.63, 3.8) is 0 Å². The van der Waals surface area contributed by atoms with Crippen molar-refractivity contribution in [1.82, 2.24) is 5.32 Å². The van der Waals surface area contributed by atoms with Crippen molar-refractivity contribution in [2.75, 3.05) is 0 Å². The highest BCUT2D eigenvalue weighted by atomic mass is 16.6. The molecule has 1 amide bonds. The van der Waals surface area contributed by atoms with Gasteiger partial charge >= 0.3 is 6.09 Å². The third kappa shape index (κ3) is 1.48. The van der Waals surface area contributed by atoms with Crippen LogP contribution in [0.2, 0.25) is 0 Å². The predicted molar refractivity (Wildman–Crippen MR) is 52.8 cm³/mol. The van der Waals surface area contributed by atoms with E-state index in [1.807, 2.05) is 30.3 Å². The minimum Gasteiger partial charge on any atom is -0.439 e. The number of carbonyl (C=O) groups excluding carboxylic acids is 1. The van der Waals surface area contributed by atoms with E-state index < -0.39 is 0 Å². The van der Waals surface area contributed by atoms with Gasteiger partial charge in [0.05, 0.1) is 6.04 Å². The van der Waals surface area contributed by atoms with Crippen LogP contribution in [0.1, 0.15) is 11.6 Å². The number of rotatable bonds is 2.